The number of carbonyl (C=O) groups is 3. The Kier molecular flexibility index (Phi) is 15.9. The number of hydrogen-bond acceptors (Lipinski definition) is 8. The van der Waals surface area contributed by atoms with Crippen molar-refractivity contribution in [1.29, 1.82) is 0 Å². The van der Waals surface area contributed by atoms with Crippen LogP contribution in [0, 0.1) is 17.3 Å². The first-order valence-electron chi connectivity index (χ1n) is 12.5. The third-order valence-corrected chi connectivity index (χ3v) is 5.71. The van der Waals surface area contributed by atoms with Gasteiger partial charge in [-0.05, 0) is 18.3 Å². The number of esters is 1. The minimum absolute atomic E-state index is 0.0411. The molecule has 0 heterocycles. The average Bonchev–Trinajstić information content (AvgIpc) is 2.79. The lowest BCUT2D eigenvalue weighted by Gasteiger charge is -2.27. The van der Waals surface area contributed by atoms with Crippen molar-refractivity contribution in [3.63, 3.8) is 0 Å². The van der Waals surface area contributed by atoms with Gasteiger partial charge in [-0.15, -0.1) is 0 Å². The van der Waals surface area contributed by atoms with E-state index in [2.05, 4.69) is 12.2 Å². The number of hydrogen-bond donors (Lipinski definition) is 4. The van der Waals surface area contributed by atoms with E-state index in [1.165, 1.54) is 13.2 Å². The summed E-state index contributed by atoms with van der Waals surface area (Å²) in [6.45, 7) is 11.4. The number of amides is 1. The van der Waals surface area contributed by atoms with Gasteiger partial charge in [0.05, 0.1) is 12.5 Å². The number of aliphatic hydroxyl groups excluding tert-OH is 3. The van der Waals surface area contributed by atoms with Crippen LogP contribution in [0.4, 0.5) is 0 Å². The second-order valence-corrected chi connectivity index (χ2v) is 10.1. The van der Waals surface area contributed by atoms with Crippen LogP contribution in [-0.2, 0) is 23.9 Å². The van der Waals surface area contributed by atoms with Crippen LogP contribution in [0.15, 0.2) is 12.2 Å². The molecule has 0 aromatic carbocycles. The summed E-state index contributed by atoms with van der Waals surface area (Å²) >= 11 is 0. The van der Waals surface area contributed by atoms with Crippen molar-refractivity contribution in [2.24, 2.45) is 17.3 Å². The lowest BCUT2D eigenvalue weighted by molar-refractivity contribution is -0.149. The molecule has 0 saturated heterocycles. The van der Waals surface area contributed by atoms with Gasteiger partial charge >= 0.3 is 5.97 Å². The lowest BCUT2D eigenvalue weighted by atomic mass is 9.92. The van der Waals surface area contributed by atoms with E-state index in [1.807, 2.05) is 27.7 Å². The smallest absolute Gasteiger partial charge is 0.308 e. The Labute approximate surface area is 210 Å². The van der Waals surface area contributed by atoms with Gasteiger partial charge < -0.3 is 30.1 Å². The normalized spacial score (nSPS) is 17.3. The summed E-state index contributed by atoms with van der Waals surface area (Å²) in [5, 5.41) is 33.4. The molecule has 9 heteroatoms. The lowest BCUT2D eigenvalue weighted by Crippen LogP contribution is -2.48. The van der Waals surface area contributed by atoms with Gasteiger partial charge in [0.15, 0.2) is 5.78 Å². The molecule has 9 nitrogen and oxygen atoms in total. The van der Waals surface area contributed by atoms with Crippen LogP contribution in [0.2, 0.25) is 0 Å². The number of ether oxygens (including phenoxy) is 2. The Hall–Kier alpha value is -1.81. The van der Waals surface area contributed by atoms with E-state index in [1.54, 1.807) is 13.0 Å². The Balaban J connectivity index is 4.69. The Morgan fingerprint density at radius 1 is 1.06 bits per heavy atom. The van der Waals surface area contributed by atoms with Crippen LogP contribution in [0.5, 0.6) is 0 Å². The molecule has 0 spiro atoms. The fourth-order valence-electron chi connectivity index (χ4n) is 3.41. The molecule has 4 N–H and O–H groups in total. The van der Waals surface area contributed by atoms with Gasteiger partial charge in [0.2, 0.25) is 5.91 Å². The summed E-state index contributed by atoms with van der Waals surface area (Å²) in [6.07, 6.45) is 0.123. The number of allylic oxidation sites excluding steroid dienone is 1. The fourth-order valence-corrected chi connectivity index (χ4v) is 3.41. The largest absolute Gasteiger partial charge is 0.464 e. The van der Waals surface area contributed by atoms with E-state index in [0.29, 0.717) is 6.42 Å². The molecule has 0 radical (unpaired) electrons. The van der Waals surface area contributed by atoms with Crippen LogP contribution in [0.25, 0.3) is 0 Å². The summed E-state index contributed by atoms with van der Waals surface area (Å²) in [7, 11) is 1.21. The van der Waals surface area contributed by atoms with Gasteiger partial charge in [0.1, 0.15) is 31.0 Å². The Bertz CT molecular complexity index is 673. The monoisotopic (exact) mass is 501 g/mol. The van der Waals surface area contributed by atoms with Gasteiger partial charge in [-0.3, -0.25) is 14.4 Å². The Morgan fingerprint density at radius 3 is 2.20 bits per heavy atom. The van der Waals surface area contributed by atoms with Gasteiger partial charge in [-0.25, -0.2) is 0 Å². The van der Waals surface area contributed by atoms with E-state index in [-0.39, 0.29) is 36.9 Å². The maximum absolute atomic E-state index is 12.6. The summed E-state index contributed by atoms with van der Waals surface area (Å²) in [6, 6.07) is 0. The highest BCUT2D eigenvalue weighted by Gasteiger charge is 2.36. The molecule has 0 saturated carbocycles. The number of rotatable bonds is 17. The van der Waals surface area contributed by atoms with Crippen molar-refractivity contribution < 1.29 is 39.2 Å². The van der Waals surface area contributed by atoms with Crippen LogP contribution in [-0.4, -0.2) is 77.7 Å². The van der Waals surface area contributed by atoms with Crippen molar-refractivity contribution >= 4 is 17.7 Å². The highest BCUT2D eigenvalue weighted by atomic mass is 16.5. The van der Waals surface area contributed by atoms with E-state index in [0.717, 1.165) is 19.3 Å². The minimum atomic E-state index is -1.68. The van der Waals surface area contributed by atoms with Crippen molar-refractivity contribution in [2.75, 3.05) is 20.3 Å². The molecular weight excluding hydrogens is 454 g/mol. The number of unbranched alkanes of at least 4 members (excludes halogenated alkanes) is 1. The van der Waals surface area contributed by atoms with Crippen LogP contribution in [0.3, 0.4) is 0 Å². The summed E-state index contributed by atoms with van der Waals surface area (Å²) in [5.41, 5.74) is -0.240. The first-order valence-corrected chi connectivity index (χ1v) is 12.5. The molecule has 0 fully saturated rings. The van der Waals surface area contributed by atoms with E-state index < -0.39 is 42.0 Å². The number of methoxy groups -OCH3 is 1. The van der Waals surface area contributed by atoms with E-state index >= 15 is 0 Å². The zero-order valence-electron chi connectivity index (χ0n) is 22.5. The molecule has 6 atom stereocenters. The van der Waals surface area contributed by atoms with Gasteiger partial charge in [0.25, 0.3) is 0 Å². The molecule has 35 heavy (non-hydrogen) atoms. The van der Waals surface area contributed by atoms with Crippen LogP contribution in [0.1, 0.15) is 73.6 Å². The van der Waals surface area contributed by atoms with Crippen molar-refractivity contribution in [3.8, 4) is 0 Å². The van der Waals surface area contributed by atoms with Gasteiger partial charge in [-0.2, -0.15) is 0 Å². The standard InChI is InChI=1S/C26H47NO8/c1-8-10-11-18(9-2)25(33)35-15-14-27-24(32)17(3)16-20(29)23(34-7)22(31)21(30)19(28)12-13-26(4,5)6/h12-13,17-19,21-23,28,30-31H,8-11,14-16H2,1-7H3,(H,27,32)/b13-12+/t17-,18?,19-,21+,22-,23+/m1/s1. The average molecular weight is 502 g/mol. The van der Waals surface area contributed by atoms with E-state index in [4.69, 9.17) is 9.47 Å². The van der Waals surface area contributed by atoms with Crippen LogP contribution >= 0.6 is 0 Å². The maximum atomic E-state index is 12.6. The zero-order valence-corrected chi connectivity index (χ0v) is 22.5. The minimum Gasteiger partial charge on any atom is -0.464 e. The molecule has 0 aromatic heterocycles. The van der Waals surface area contributed by atoms with E-state index in [9.17, 15) is 29.7 Å². The summed E-state index contributed by atoms with van der Waals surface area (Å²) < 4.78 is 10.3. The maximum Gasteiger partial charge on any atom is 0.308 e. The van der Waals surface area contributed by atoms with Crippen molar-refractivity contribution in [2.45, 2.75) is 98.1 Å². The molecule has 0 aliphatic heterocycles. The first kappa shape index (κ1) is 33.2. The van der Waals surface area contributed by atoms with Crippen molar-refractivity contribution in [3.05, 3.63) is 12.2 Å². The van der Waals surface area contributed by atoms with Crippen LogP contribution < -0.4 is 5.32 Å². The Morgan fingerprint density at radius 2 is 1.69 bits per heavy atom. The molecule has 0 aliphatic rings. The topological polar surface area (TPSA) is 142 Å². The summed E-state index contributed by atoms with van der Waals surface area (Å²) in [4.78, 5) is 37.1. The SMILES string of the molecule is CCCCC(CC)C(=O)OCCNC(=O)[C@H](C)CC(=O)[C@H](OC)[C@H](O)[C@@H](O)[C@H](O)/C=C/C(C)(C)C. The summed E-state index contributed by atoms with van der Waals surface area (Å²) in [5.74, 6) is -2.14. The molecular formula is C26H47NO8. The number of aliphatic hydroxyl groups is 3. The quantitative estimate of drug-likeness (QED) is 0.135. The second-order valence-electron chi connectivity index (χ2n) is 10.1. The predicted molar refractivity (Wildman–Crippen MR) is 133 cm³/mol. The second kappa shape index (κ2) is 16.8. The highest BCUT2D eigenvalue weighted by Crippen LogP contribution is 2.18. The number of ketones is 1. The first-order chi connectivity index (χ1) is 16.3. The molecule has 204 valence electrons. The number of nitrogens with one attached hydrogen (secondary N) is 1. The van der Waals surface area contributed by atoms with Gasteiger partial charge in [-0.1, -0.05) is 66.5 Å². The third kappa shape index (κ3) is 13.2. The fraction of sp³-hybridized carbons (Fsp3) is 0.808. The number of carbonyl (C=O) groups excluding carboxylic acids is 3. The predicted octanol–water partition coefficient (Wildman–Crippen LogP) is 2.16. The molecule has 0 bridgehead atoms. The molecule has 1 amide bonds. The molecule has 0 rings (SSSR count). The number of Topliss-reactive ketones (excluding diaryl/α,β-unsaturated/α-hetero) is 1. The van der Waals surface area contributed by atoms with Crippen molar-refractivity contribution in [1.82, 2.24) is 5.32 Å². The zero-order chi connectivity index (χ0) is 27.2. The van der Waals surface area contributed by atoms with Gasteiger partial charge in [0, 0.05) is 19.4 Å². The third-order valence-electron chi connectivity index (χ3n) is 5.71. The molecule has 1 unspecified atom stereocenters. The highest BCUT2D eigenvalue weighted by molar-refractivity contribution is 5.89. The molecule has 0 aliphatic carbocycles. The molecule has 0 aromatic rings.